The third kappa shape index (κ3) is 3.63. The van der Waals surface area contributed by atoms with E-state index in [0.29, 0.717) is 16.1 Å². The van der Waals surface area contributed by atoms with Gasteiger partial charge in [0.05, 0.1) is 10.0 Å². The van der Waals surface area contributed by atoms with Gasteiger partial charge in [-0.2, -0.15) is 0 Å². The molecule has 0 aromatic heterocycles. The molecule has 1 aliphatic carbocycles. The number of likely N-dealkylation sites (tertiary alicyclic amines) is 1. The molecule has 1 saturated carbocycles. The summed E-state index contributed by atoms with van der Waals surface area (Å²) < 4.78 is 0. The van der Waals surface area contributed by atoms with Crippen molar-refractivity contribution in [2.45, 2.75) is 44.3 Å². The van der Waals surface area contributed by atoms with Crippen molar-refractivity contribution in [1.82, 2.24) is 10.2 Å². The summed E-state index contributed by atoms with van der Waals surface area (Å²) in [5.41, 5.74) is 1.26. The summed E-state index contributed by atoms with van der Waals surface area (Å²) in [6.45, 7) is 3.30. The number of benzene rings is 1. The minimum atomic E-state index is 0.638. The van der Waals surface area contributed by atoms with Crippen LogP contribution in [0, 0.1) is 0 Å². The van der Waals surface area contributed by atoms with Crippen LogP contribution in [0.15, 0.2) is 18.2 Å². The lowest BCUT2D eigenvalue weighted by Gasteiger charge is -2.25. The second-order valence-electron chi connectivity index (χ2n) is 5.70. The molecular formula is C15H20Cl2N2. The summed E-state index contributed by atoms with van der Waals surface area (Å²) in [4.78, 5) is 2.56. The minimum absolute atomic E-state index is 0.638. The highest BCUT2D eigenvalue weighted by Gasteiger charge is 2.27. The summed E-state index contributed by atoms with van der Waals surface area (Å²) in [6.07, 6.45) is 5.33. The molecule has 2 nitrogen and oxygen atoms in total. The molecule has 1 atom stereocenters. The zero-order valence-corrected chi connectivity index (χ0v) is 12.6. The van der Waals surface area contributed by atoms with Gasteiger partial charge in [0.15, 0.2) is 0 Å². The van der Waals surface area contributed by atoms with Crippen molar-refractivity contribution >= 4 is 23.2 Å². The first-order valence-electron chi connectivity index (χ1n) is 7.14. The second kappa shape index (κ2) is 6.01. The van der Waals surface area contributed by atoms with Crippen molar-refractivity contribution in [3.8, 4) is 0 Å². The van der Waals surface area contributed by atoms with Gasteiger partial charge in [-0.05, 0) is 49.9 Å². The van der Waals surface area contributed by atoms with E-state index in [4.69, 9.17) is 23.2 Å². The zero-order chi connectivity index (χ0) is 13.2. The van der Waals surface area contributed by atoms with E-state index in [9.17, 15) is 0 Å². The van der Waals surface area contributed by atoms with Gasteiger partial charge in [-0.1, -0.05) is 29.3 Å². The monoisotopic (exact) mass is 298 g/mol. The maximum absolute atomic E-state index is 6.08. The molecule has 19 heavy (non-hydrogen) atoms. The Labute approximate surface area is 125 Å². The molecule has 1 heterocycles. The Morgan fingerprint density at radius 2 is 2.00 bits per heavy atom. The third-order valence-electron chi connectivity index (χ3n) is 4.09. The number of hydrogen-bond donors (Lipinski definition) is 1. The second-order valence-corrected chi connectivity index (χ2v) is 6.51. The lowest BCUT2D eigenvalue weighted by atomic mass is 10.2. The van der Waals surface area contributed by atoms with Crippen LogP contribution in [-0.2, 0) is 6.54 Å². The number of rotatable bonds is 5. The summed E-state index contributed by atoms with van der Waals surface area (Å²) in [6, 6.07) is 7.45. The molecule has 104 valence electrons. The lowest BCUT2D eigenvalue weighted by molar-refractivity contribution is 0.239. The van der Waals surface area contributed by atoms with Crippen LogP contribution < -0.4 is 5.32 Å². The van der Waals surface area contributed by atoms with E-state index >= 15 is 0 Å². The van der Waals surface area contributed by atoms with Crippen LogP contribution in [0.25, 0.3) is 0 Å². The van der Waals surface area contributed by atoms with Crippen LogP contribution in [-0.4, -0.2) is 30.1 Å². The smallest absolute Gasteiger partial charge is 0.0595 e. The first-order valence-corrected chi connectivity index (χ1v) is 7.89. The topological polar surface area (TPSA) is 15.3 Å². The van der Waals surface area contributed by atoms with E-state index in [0.717, 1.165) is 19.1 Å². The lowest BCUT2D eigenvalue weighted by Crippen LogP contribution is -2.38. The van der Waals surface area contributed by atoms with Gasteiger partial charge in [0.2, 0.25) is 0 Å². The summed E-state index contributed by atoms with van der Waals surface area (Å²) in [5.74, 6) is 0. The molecular weight excluding hydrogens is 279 g/mol. The van der Waals surface area contributed by atoms with E-state index in [2.05, 4.69) is 16.3 Å². The Hall–Kier alpha value is -0.280. The minimum Gasteiger partial charge on any atom is -0.312 e. The standard InChI is InChI=1S/C15H20Cl2N2/c16-14-6-3-11(8-15(14)17)10-19-7-1-2-13(19)9-18-12-4-5-12/h3,6,8,12-13,18H,1-2,4-5,7,9-10H2. The molecule has 0 spiro atoms. The molecule has 0 bridgehead atoms. The van der Waals surface area contributed by atoms with Crippen LogP contribution in [0.5, 0.6) is 0 Å². The number of hydrogen-bond acceptors (Lipinski definition) is 2. The van der Waals surface area contributed by atoms with Gasteiger partial charge >= 0.3 is 0 Å². The fourth-order valence-electron chi connectivity index (χ4n) is 2.80. The fourth-order valence-corrected chi connectivity index (χ4v) is 3.12. The molecule has 0 amide bonds. The van der Waals surface area contributed by atoms with Gasteiger partial charge in [-0.15, -0.1) is 0 Å². The Kier molecular flexibility index (Phi) is 4.33. The molecule has 1 saturated heterocycles. The quantitative estimate of drug-likeness (QED) is 0.891. The van der Waals surface area contributed by atoms with E-state index in [1.54, 1.807) is 0 Å². The van der Waals surface area contributed by atoms with Crippen molar-refractivity contribution in [2.75, 3.05) is 13.1 Å². The normalized spacial score (nSPS) is 24.0. The Morgan fingerprint density at radius 3 is 2.74 bits per heavy atom. The van der Waals surface area contributed by atoms with Gasteiger partial charge in [-0.3, -0.25) is 4.90 Å². The van der Waals surface area contributed by atoms with Crippen molar-refractivity contribution in [3.63, 3.8) is 0 Å². The Bertz CT molecular complexity index is 446. The van der Waals surface area contributed by atoms with Crippen molar-refractivity contribution < 1.29 is 0 Å². The third-order valence-corrected chi connectivity index (χ3v) is 4.83. The maximum Gasteiger partial charge on any atom is 0.0595 e. The highest BCUT2D eigenvalue weighted by molar-refractivity contribution is 6.42. The average molecular weight is 299 g/mol. The molecule has 3 rings (SSSR count). The van der Waals surface area contributed by atoms with Gasteiger partial charge < -0.3 is 5.32 Å². The Balaban J connectivity index is 1.58. The fraction of sp³-hybridized carbons (Fsp3) is 0.600. The van der Waals surface area contributed by atoms with E-state index < -0.39 is 0 Å². The van der Waals surface area contributed by atoms with E-state index in [-0.39, 0.29) is 0 Å². The first-order chi connectivity index (χ1) is 9.22. The van der Waals surface area contributed by atoms with E-state index in [1.165, 1.54) is 37.8 Å². The molecule has 1 unspecified atom stereocenters. The van der Waals surface area contributed by atoms with E-state index in [1.807, 2.05) is 12.1 Å². The van der Waals surface area contributed by atoms with Crippen molar-refractivity contribution in [2.24, 2.45) is 0 Å². The van der Waals surface area contributed by atoms with Gasteiger partial charge in [0, 0.05) is 25.2 Å². The van der Waals surface area contributed by atoms with Crippen LogP contribution >= 0.6 is 23.2 Å². The number of nitrogens with zero attached hydrogens (tertiary/aromatic N) is 1. The predicted molar refractivity (Wildman–Crippen MR) is 80.9 cm³/mol. The highest BCUT2D eigenvalue weighted by Crippen LogP contribution is 2.26. The van der Waals surface area contributed by atoms with Crippen molar-refractivity contribution in [3.05, 3.63) is 33.8 Å². The van der Waals surface area contributed by atoms with Gasteiger partial charge in [0.25, 0.3) is 0 Å². The SMILES string of the molecule is Clc1ccc(CN2CCCC2CNC2CC2)cc1Cl. The summed E-state index contributed by atoms with van der Waals surface area (Å²) >= 11 is 12.0. The number of nitrogens with one attached hydrogen (secondary N) is 1. The average Bonchev–Trinajstić information content (AvgIpc) is 3.12. The largest absolute Gasteiger partial charge is 0.312 e. The molecule has 2 aliphatic rings. The molecule has 4 heteroatoms. The summed E-state index contributed by atoms with van der Waals surface area (Å²) in [5, 5.41) is 4.94. The molecule has 2 fully saturated rings. The van der Waals surface area contributed by atoms with Crippen molar-refractivity contribution in [1.29, 1.82) is 0 Å². The highest BCUT2D eigenvalue weighted by atomic mass is 35.5. The molecule has 0 radical (unpaired) electrons. The maximum atomic E-state index is 6.08. The number of halogens is 2. The van der Waals surface area contributed by atoms with Crippen LogP contribution in [0.3, 0.4) is 0 Å². The van der Waals surface area contributed by atoms with Crippen LogP contribution in [0.2, 0.25) is 10.0 Å². The van der Waals surface area contributed by atoms with Crippen LogP contribution in [0.4, 0.5) is 0 Å². The first kappa shape index (κ1) is 13.7. The van der Waals surface area contributed by atoms with Gasteiger partial charge in [0.1, 0.15) is 0 Å². The Morgan fingerprint density at radius 1 is 1.16 bits per heavy atom. The predicted octanol–water partition coefficient (Wildman–Crippen LogP) is 3.71. The summed E-state index contributed by atoms with van der Waals surface area (Å²) in [7, 11) is 0. The molecule has 1 aromatic carbocycles. The molecule has 1 aliphatic heterocycles. The van der Waals surface area contributed by atoms with Gasteiger partial charge in [-0.25, -0.2) is 0 Å². The van der Waals surface area contributed by atoms with Crippen LogP contribution in [0.1, 0.15) is 31.2 Å². The molecule has 1 aromatic rings. The molecule has 1 N–H and O–H groups in total. The zero-order valence-electron chi connectivity index (χ0n) is 11.0.